The first-order valence-electron chi connectivity index (χ1n) is 10.3. The maximum atomic E-state index is 9.03. The third-order valence-corrected chi connectivity index (χ3v) is 5.84. The van der Waals surface area contributed by atoms with Crippen LogP contribution >= 0.6 is 0 Å². The number of hydrogen-bond acceptors (Lipinski definition) is 7. The van der Waals surface area contributed by atoms with Crippen molar-refractivity contribution in [3.05, 3.63) is 6.07 Å². The Kier molecular flexibility index (Phi) is 5.75. The van der Waals surface area contributed by atoms with Crippen LogP contribution in [0.4, 0.5) is 17.6 Å². The van der Waals surface area contributed by atoms with E-state index in [2.05, 4.69) is 25.7 Å². The summed E-state index contributed by atoms with van der Waals surface area (Å²) in [5.41, 5.74) is 0. The van der Waals surface area contributed by atoms with E-state index in [0.717, 1.165) is 82.9 Å². The predicted molar refractivity (Wildman–Crippen MR) is 105 cm³/mol. The zero-order valence-electron chi connectivity index (χ0n) is 15.8. The molecule has 144 valence electrons. The van der Waals surface area contributed by atoms with Gasteiger partial charge in [-0.2, -0.15) is 9.97 Å². The van der Waals surface area contributed by atoms with Gasteiger partial charge < -0.3 is 19.8 Å². The minimum Gasteiger partial charge on any atom is -0.396 e. The average molecular weight is 361 g/mol. The number of anilines is 3. The number of aliphatic hydroxyl groups excluding tert-OH is 1. The second-order valence-electron chi connectivity index (χ2n) is 7.68. The Morgan fingerprint density at radius 3 is 1.85 bits per heavy atom. The fourth-order valence-electron chi connectivity index (χ4n) is 4.23. The monoisotopic (exact) mass is 360 g/mol. The van der Waals surface area contributed by atoms with E-state index in [0.29, 0.717) is 0 Å². The molecule has 0 atom stereocenters. The summed E-state index contributed by atoms with van der Waals surface area (Å²) in [7, 11) is 0. The van der Waals surface area contributed by atoms with Crippen LogP contribution in [0, 0.1) is 0 Å². The van der Waals surface area contributed by atoms with Crippen LogP contribution in [0.5, 0.6) is 0 Å². The Bertz CT molecular complexity index is 543. The van der Waals surface area contributed by atoms with Crippen molar-refractivity contribution in [2.75, 3.05) is 80.2 Å². The van der Waals surface area contributed by atoms with E-state index >= 15 is 0 Å². The highest BCUT2D eigenvalue weighted by atomic mass is 16.3. The van der Waals surface area contributed by atoms with Crippen LogP contribution < -0.4 is 14.7 Å². The summed E-state index contributed by atoms with van der Waals surface area (Å²) in [5, 5.41) is 9.03. The number of nitrogens with zero attached hydrogens (tertiary/aromatic N) is 6. The SMILES string of the molecule is OCCCN1CCN(c2cc(N3CCCC3)nc(N3CCCC3)n2)CC1. The Balaban J connectivity index is 1.51. The minimum absolute atomic E-state index is 0.282. The highest BCUT2D eigenvalue weighted by Crippen LogP contribution is 2.27. The van der Waals surface area contributed by atoms with Crippen molar-refractivity contribution in [1.82, 2.24) is 14.9 Å². The standard InChI is InChI=1S/C19H32N6O/c26-15-5-6-22-11-13-24(14-12-22)18-16-17(23-7-1-2-8-23)20-19(21-18)25-9-3-4-10-25/h16,26H,1-15H2. The lowest BCUT2D eigenvalue weighted by atomic mass is 10.3. The van der Waals surface area contributed by atoms with Crippen molar-refractivity contribution in [1.29, 1.82) is 0 Å². The lowest BCUT2D eigenvalue weighted by Crippen LogP contribution is -2.47. The van der Waals surface area contributed by atoms with Gasteiger partial charge in [0.05, 0.1) is 0 Å². The summed E-state index contributed by atoms with van der Waals surface area (Å²) in [4.78, 5) is 19.5. The topological polar surface area (TPSA) is 59.0 Å². The molecule has 1 aromatic rings. The molecule has 0 amide bonds. The first-order valence-corrected chi connectivity index (χ1v) is 10.3. The molecule has 7 heteroatoms. The quantitative estimate of drug-likeness (QED) is 0.817. The van der Waals surface area contributed by atoms with Gasteiger partial charge in [-0.15, -0.1) is 0 Å². The molecule has 4 rings (SSSR count). The first kappa shape index (κ1) is 17.8. The van der Waals surface area contributed by atoms with Crippen molar-refractivity contribution in [3.63, 3.8) is 0 Å². The summed E-state index contributed by atoms with van der Waals surface area (Å²) in [5.74, 6) is 3.12. The molecule has 3 aliphatic heterocycles. The Morgan fingerprint density at radius 1 is 0.731 bits per heavy atom. The van der Waals surface area contributed by atoms with Gasteiger partial charge >= 0.3 is 0 Å². The molecule has 3 saturated heterocycles. The second-order valence-corrected chi connectivity index (χ2v) is 7.68. The molecule has 3 fully saturated rings. The normalized spacial score (nSPS) is 21.8. The second kappa shape index (κ2) is 8.39. The van der Waals surface area contributed by atoms with E-state index in [-0.39, 0.29) is 6.61 Å². The minimum atomic E-state index is 0.282. The fourth-order valence-corrected chi connectivity index (χ4v) is 4.23. The van der Waals surface area contributed by atoms with Gasteiger partial charge in [0.1, 0.15) is 11.6 Å². The Labute approximate surface area is 156 Å². The van der Waals surface area contributed by atoms with E-state index in [1.54, 1.807) is 0 Å². The molecule has 4 heterocycles. The number of piperazine rings is 1. The zero-order valence-corrected chi connectivity index (χ0v) is 15.8. The van der Waals surface area contributed by atoms with Crippen LogP contribution in [0.3, 0.4) is 0 Å². The molecule has 26 heavy (non-hydrogen) atoms. The number of aliphatic hydroxyl groups is 1. The van der Waals surface area contributed by atoms with Crippen molar-refractivity contribution in [2.24, 2.45) is 0 Å². The average Bonchev–Trinajstić information content (AvgIpc) is 3.40. The van der Waals surface area contributed by atoms with Crippen LogP contribution in [-0.2, 0) is 0 Å². The highest BCUT2D eigenvalue weighted by Gasteiger charge is 2.24. The molecule has 7 nitrogen and oxygen atoms in total. The molecule has 1 aromatic heterocycles. The van der Waals surface area contributed by atoms with E-state index in [4.69, 9.17) is 15.1 Å². The van der Waals surface area contributed by atoms with E-state index in [9.17, 15) is 0 Å². The number of aromatic nitrogens is 2. The van der Waals surface area contributed by atoms with Crippen LogP contribution in [0.25, 0.3) is 0 Å². The molecule has 0 aliphatic carbocycles. The first-order chi connectivity index (χ1) is 12.8. The Morgan fingerprint density at radius 2 is 1.27 bits per heavy atom. The molecule has 0 spiro atoms. The summed E-state index contributed by atoms with van der Waals surface area (Å²) in [6.07, 6.45) is 5.89. The van der Waals surface area contributed by atoms with Gasteiger partial charge in [0.25, 0.3) is 0 Å². The molecule has 1 N–H and O–H groups in total. The molecule has 0 bridgehead atoms. The number of hydrogen-bond donors (Lipinski definition) is 1. The van der Waals surface area contributed by atoms with Crippen molar-refractivity contribution in [3.8, 4) is 0 Å². The lowest BCUT2D eigenvalue weighted by Gasteiger charge is -2.36. The van der Waals surface area contributed by atoms with Crippen molar-refractivity contribution >= 4 is 17.6 Å². The summed E-state index contributed by atoms with van der Waals surface area (Å²) in [6, 6.07) is 2.20. The van der Waals surface area contributed by atoms with E-state index in [1.807, 2.05) is 0 Å². The molecule has 0 unspecified atom stereocenters. The maximum Gasteiger partial charge on any atom is 0.229 e. The van der Waals surface area contributed by atoms with Crippen molar-refractivity contribution in [2.45, 2.75) is 32.1 Å². The van der Waals surface area contributed by atoms with Gasteiger partial charge in [0.15, 0.2) is 0 Å². The van der Waals surface area contributed by atoms with Crippen LogP contribution in [0.2, 0.25) is 0 Å². The van der Waals surface area contributed by atoms with E-state index < -0.39 is 0 Å². The van der Waals surface area contributed by atoms with Gasteiger partial charge in [0, 0.05) is 71.6 Å². The summed E-state index contributed by atoms with van der Waals surface area (Å²) < 4.78 is 0. The fraction of sp³-hybridized carbons (Fsp3) is 0.789. The summed E-state index contributed by atoms with van der Waals surface area (Å²) in [6.45, 7) is 9.76. The molecular formula is C19H32N6O. The lowest BCUT2D eigenvalue weighted by molar-refractivity contribution is 0.215. The zero-order chi connectivity index (χ0) is 17.8. The molecule has 0 radical (unpaired) electrons. The van der Waals surface area contributed by atoms with Gasteiger partial charge in [-0.25, -0.2) is 0 Å². The molecule has 0 saturated carbocycles. The highest BCUT2D eigenvalue weighted by molar-refractivity contribution is 5.56. The molecular weight excluding hydrogens is 328 g/mol. The van der Waals surface area contributed by atoms with Crippen molar-refractivity contribution < 1.29 is 5.11 Å². The maximum absolute atomic E-state index is 9.03. The van der Waals surface area contributed by atoms with Crippen LogP contribution in [-0.4, -0.2) is 85.5 Å². The smallest absolute Gasteiger partial charge is 0.229 e. The number of rotatable bonds is 6. The van der Waals surface area contributed by atoms with Gasteiger partial charge in [0.2, 0.25) is 5.95 Å². The third-order valence-electron chi connectivity index (χ3n) is 5.84. The Hall–Kier alpha value is -1.60. The summed E-state index contributed by atoms with van der Waals surface area (Å²) >= 11 is 0. The van der Waals surface area contributed by atoms with Crippen LogP contribution in [0.1, 0.15) is 32.1 Å². The van der Waals surface area contributed by atoms with Gasteiger partial charge in [-0.3, -0.25) is 4.90 Å². The third kappa shape index (κ3) is 4.04. The van der Waals surface area contributed by atoms with Gasteiger partial charge in [-0.05, 0) is 32.1 Å². The van der Waals surface area contributed by atoms with Gasteiger partial charge in [-0.1, -0.05) is 0 Å². The largest absolute Gasteiger partial charge is 0.396 e. The molecule has 3 aliphatic rings. The van der Waals surface area contributed by atoms with Crippen LogP contribution in [0.15, 0.2) is 6.07 Å². The predicted octanol–water partition coefficient (Wildman–Crippen LogP) is 1.18. The van der Waals surface area contributed by atoms with E-state index in [1.165, 1.54) is 25.7 Å². The molecule has 0 aromatic carbocycles.